The smallest absolute Gasteiger partial charge is 0.277 e. The van der Waals surface area contributed by atoms with Gasteiger partial charge in [0.1, 0.15) is 5.69 Å². The van der Waals surface area contributed by atoms with E-state index in [1.807, 2.05) is 0 Å². The van der Waals surface area contributed by atoms with Crippen LogP contribution in [0.15, 0.2) is 24.4 Å². The Morgan fingerprint density at radius 1 is 1.47 bits per heavy atom. The number of rotatable bonds is 7. The number of aromatic nitrogens is 1. The van der Waals surface area contributed by atoms with Crippen LogP contribution in [-0.2, 0) is 4.79 Å². The summed E-state index contributed by atoms with van der Waals surface area (Å²) in [6.45, 7) is 2.60. The summed E-state index contributed by atoms with van der Waals surface area (Å²) in [5.74, 6) is -0.366. The molecule has 0 radical (unpaired) electrons. The lowest BCUT2D eigenvalue weighted by molar-refractivity contribution is -0.120. The normalized spacial score (nSPS) is 9.71. The molecule has 17 heavy (non-hydrogen) atoms. The topological polar surface area (TPSA) is 62.3 Å². The first-order valence-corrected chi connectivity index (χ1v) is 5.72. The van der Waals surface area contributed by atoms with Crippen molar-refractivity contribution in [3.63, 3.8) is 0 Å². The highest BCUT2D eigenvalue weighted by Crippen LogP contribution is 1.97. The molecule has 2 amide bonds. The molecule has 0 saturated carbocycles. The standard InChI is InChI=1S/C12H17N3O2/c1-2-3-6-9-15(10-16)14-12(17)11-7-4-5-8-13-11/h4-5,7-8,10H,2-3,6,9H2,1H3,(H,14,17). The number of carbonyl (C=O) groups excluding carboxylic acids is 2. The van der Waals surface area contributed by atoms with Crippen LogP contribution in [0.2, 0.25) is 0 Å². The van der Waals surface area contributed by atoms with Gasteiger partial charge in [0.15, 0.2) is 0 Å². The van der Waals surface area contributed by atoms with Gasteiger partial charge in [-0.2, -0.15) is 0 Å². The fourth-order valence-corrected chi connectivity index (χ4v) is 1.35. The molecule has 1 heterocycles. The zero-order valence-electron chi connectivity index (χ0n) is 9.93. The second kappa shape index (κ2) is 7.38. The fourth-order valence-electron chi connectivity index (χ4n) is 1.35. The van der Waals surface area contributed by atoms with Crippen molar-refractivity contribution in [3.8, 4) is 0 Å². The molecule has 1 aromatic heterocycles. The molecule has 1 rings (SSSR count). The molecule has 0 unspecified atom stereocenters. The van der Waals surface area contributed by atoms with E-state index in [-0.39, 0.29) is 5.91 Å². The van der Waals surface area contributed by atoms with Crippen LogP contribution < -0.4 is 5.43 Å². The Kier molecular flexibility index (Phi) is 5.71. The molecular weight excluding hydrogens is 218 g/mol. The van der Waals surface area contributed by atoms with E-state index in [1.54, 1.807) is 18.2 Å². The van der Waals surface area contributed by atoms with E-state index in [9.17, 15) is 9.59 Å². The van der Waals surface area contributed by atoms with Crippen LogP contribution in [0.25, 0.3) is 0 Å². The number of hydrazine groups is 1. The van der Waals surface area contributed by atoms with Gasteiger partial charge in [0.05, 0.1) is 0 Å². The Morgan fingerprint density at radius 2 is 2.29 bits per heavy atom. The maximum atomic E-state index is 11.7. The number of amides is 2. The number of pyridine rings is 1. The lowest BCUT2D eigenvalue weighted by Gasteiger charge is -2.17. The minimum absolute atomic E-state index is 0.301. The third-order valence-electron chi connectivity index (χ3n) is 2.27. The SMILES string of the molecule is CCCCCN(C=O)NC(=O)c1ccccn1. The zero-order valence-corrected chi connectivity index (χ0v) is 9.93. The molecule has 0 saturated heterocycles. The van der Waals surface area contributed by atoms with Crippen LogP contribution >= 0.6 is 0 Å². The van der Waals surface area contributed by atoms with E-state index < -0.39 is 0 Å². The van der Waals surface area contributed by atoms with Crippen LogP contribution in [0.1, 0.15) is 36.7 Å². The number of carbonyl (C=O) groups is 2. The van der Waals surface area contributed by atoms with E-state index in [4.69, 9.17) is 0 Å². The van der Waals surface area contributed by atoms with Crippen molar-refractivity contribution in [3.05, 3.63) is 30.1 Å². The summed E-state index contributed by atoms with van der Waals surface area (Å²) in [6.07, 6.45) is 5.14. The van der Waals surface area contributed by atoms with Crippen LogP contribution in [0.3, 0.4) is 0 Å². The fraction of sp³-hybridized carbons (Fsp3) is 0.417. The molecule has 0 bridgehead atoms. The quantitative estimate of drug-likeness (QED) is 0.441. The highest BCUT2D eigenvalue weighted by molar-refractivity contribution is 5.92. The van der Waals surface area contributed by atoms with Crippen molar-refractivity contribution in [1.82, 2.24) is 15.4 Å². The minimum Gasteiger partial charge on any atom is -0.277 e. The van der Waals surface area contributed by atoms with Crippen molar-refractivity contribution < 1.29 is 9.59 Å². The Labute approximate surface area is 101 Å². The van der Waals surface area contributed by atoms with Gasteiger partial charge in [-0.3, -0.25) is 25.0 Å². The van der Waals surface area contributed by atoms with Gasteiger partial charge in [0, 0.05) is 12.7 Å². The molecule has 0 aliphatic heterocycles. The van der Waals surface area contributed by atoms with Crippen molar-refractivity contribution >= 4 is 12.3 Å². The minimum atomic E-state index is -0.366. The predicted octanol–water partition coefficient (Wildman–Crippen LogP) is 1.38. The van der Waals surface area contributed by atoms with Gasteiger partial charge in [-0.1, -0.05) is 25.8 Å². The number of nitrogens with zero attached hydrogens (tertiary/aromatic N) is 2. The second-order valence-corrected chi connectivity index (χ2v) is 3.66. The first-order valence-electron chi connectivity index (χ1n) is 5.72. The van der Waals surface area contributed by atoms with E-state index in [2.05, 4.69) is 17.3 Å². The van der Waals surface area contributed by atoms with Gasteiger partial charge in [0.2, 0.25) is 6.41 Å². The predicted molar refractivity (Wildman–Crippen MR) is 64.0 cm³/mol. The molecule has 5 nitrogen and oxygen atoms in total. The Balaban J connectivity index is 2.45. The van der Waals surface area contributed by atoms with Crippen molar-refractivity contribution in [2.24, 2.45) is 0 Å². The lowest BCUT2D eigenvalue weighted by atomic mass is 10.2. The highest BCUT2D eigenvalue weighted by Gasteiger charge is 2.09. The second-order valence-electron chi connectivity index (χ2n) is 3.66. The zero-order chi connectivity index (χ0) is 12.5. The highest BCUT2D eigenvalue weighted by atomic mass is 16.2. The summed E-state index contributed by atoms with van der Waals surface area (Å²) < 4.78 is 0. The van der Waals surface area contributed by atoms with Gasteiger partial charge in [0.25, 0.3) is 5.91 Å². The summed E-state index contributed by atoms with van der Waals surface area (Å²) in [6, 6.07) is 5.06. The van der Waals surface area contributed by atoms with Crippen LogP contribution in [0.5, 0.6) is 0 Å². The van der Waals surface area contributed by atoms with Crippen LogP contribution in [-0.4, -0.2) is 28.9 Å². The number of nitrogens with one attached hydrogen (secondary N) is 1. The van der Waals surface area contributed by atoms with Gasteiger partial charge in [-0.05, 0) is 18.6 Å². The number of hydrogen-bond donors (Lipinski definition) is 1. The molecule has 0 aliphatic rings. The average Bonchev–Trinajstić information content (AvgIpc) is 2.38. The molecule has 0 atom stereocenters. The summed E-state index contributed by atoms with van der Waals surface area (Å²) in [4.78, 5) is 26.3. The van der Waals surface area contributed by atoms with Gasteiger partial charge in [-0.25, -0.2) is 0 Å². The molecule has 1 aromatic rings. The molecule has 0 aliphatic carbocycles. The molecule has 0 fully saturated rings. The third-order valence-corrected chi connectivity index (χ3v) is 2.27. The molecule has 5 heteroatoms. The van der Waals surface area contributed by atoms with Gasteiger partial charge in [-0.15, -0.1) is 0 Å². The number of hydrogen-bond acceptors (Lipinski definition) is 3. The number of unbranched alkanes of at least 4 members (excludes halogenated alkanes) is 2. The van der Waals surface area contributed by atoms with Crippen LogP contribution in [0, 0.1) is 0 Å². The van der Waals surface area contributed by atoms with Crippen molar-refractivity contribution in [2.45, 2.75) is 26.2 Å². The van der Waals surface area contributed by atoms with Gasteiger partial charge >= 0.3 is 0 Å². The summed E-state index contributed by atoms with van der Waals surface area (Å²) in [5.41, 5.74) is 2.81. The van der Waals surface area contributed by atoms with E-state index >= 15 is 0 Å². The molecular formula is C12H17N3O2. The first-order chi connectivity index (χ1) is 8.27. The summed E-state index contributed by atoms with van der Waals surface area (Å²) in [5, 5.41) is 1.26. The summed E-state index contributed by atoms with van der Waals surface area (Å²) >= 11 is 0. The first kappa shape index (κ1) is 13.2. The maximum Gasteiger partial charge on any atom is 0.288 e. The molecule has 0 spiro atoms. The Bertz CT molecular complexity index is 354. The Hall–Kier alpha value is -1.91. The Morgan fingerprint density at radius 3 is 2.88 bits per heavy atom. The summed E-state index contributed by atoms with van der Waals surface area (Å²) in [7, 11) is 0. The van der Waals surface area contributed by atoms with E-state index in [0.29, 0.717) is 18.6 Å². The monoisotopic (exact) mass is 235 g/mol. The van der Waals surface area contributed by atoms with Crippen molar-refractivity contribution in [2.75, 3.05) is 6.54 Å². The largest absolute Gasteiger partial charge is 0.288 e. The lowest BCUT2D eigenvalue weighted by Crippen LogP contribution is -2.42. The van der Waals surface area contributed by atoms with E-state index in [1.165, 1.54) is 11.2 Å². The average molecular weight is 235 g/mol. The van der Waals surface area contributed by atoms with Crippen molar-refractivity contribution in [1.29, 1.82) is 0 Å². The molecule has 0 aromatic carbocycles. The molecule has 1 N–H and O–H groups in total. The third kappa shape index (κ3) is 4.63. The molecule has 92 valence electrons. The van der Waals surface area contributed by atoms with Crippen LogP contribution in [0.4, 0.5) is 0 Å². The maximum absolute atomic E-state index is 11.7. The van der Waals surface area contributed by atoms with E-state index in [0.717, 1.165) is 19.3 Å². The van der Waals surface area contributed by atoms with Gasteiger partial charge < -0.3 is 0 Å².